The third kappa shape index (κ3) is 1.03. The van der Waals surface area contributed by atoms with Gasteiger partial charge in [0.1, 0.15) is 0 Å². The molecule has 0 aromatic heterocycles. The summed E-state index contributed by atoms with van der Waals surface area (Å²) in [5.74, 6) is 0.390. The number of carbonyl (C=O) groups excluding carboxylic acids is 1. The molecule has 1 N–H and O–H groups in total. The standard InChI is InChI=1S/C8H13NO2/c1-6-2-3-8(4-11-5-8)9-7(6)10/h6H,2-5H2,1H3,(H,9,10). The quantitative estimate of drug-likeness (QED) is 0.546. The van der Waals surface area contributed by atoms with Gasteiger partial charge in [-0.2, -0.15) is 0 Å². The van der Waals surface area contributed by atoms with Gasteiger partial charge in [0, 0.05) is 5.92 Å². The Morgan fingerprint density at radius 2 is 2.36 bits per heavy atom. The molecule has 0 aromatic carbocycles. The maximum Gasteiger partial charge on any atom is 0.223 e. The van der Waals surface area contributed by atoms with Crippen molar-refractivity contribution in [3.63, 3.8) is 0 Å². The third-order valence-electron chi connectivity index (χ3n) is 2.65. The lowest BCUT2D eigenvalue weighted by atomic mass is 9.83. The van der Waals surface area contributed by atoms with Gasteiger partial charge in [-0.3, -0.25) is 4.79 Å². The molecule has 0 aromatic rings. The van der Waals surface area contributed by atoms with Crippen molar-refractivity contribution in [3.8, 4) is 0 Å². The molecule has 2 aliphatic rings. The van der Waals surface area contributed by atoms with E-state index in [9.17, 15) is 4.79 Å². The summed E-state index contributed by atoms with van der Waals surface area (Å²) < 4.78 is 5.08. The molecule has 2 fully saturated rings. The average molecular weight is 155 g/mol. The zero-order valence-corrected chi connectivity index (χ0v) is 6.72. The topological polar surface area (TPSA) is 38.3 Å². The zero-order chi connectivity index (χ0) is 7.90. The van der Waals surface area contributed by atoms with Gasteiger partial charge < -0.3 is 10.1 Å². The lowest BCUT2D eigenvalue weighted by Crippen LogP contribution is -2.65. The molecule has 11 heavy (non-hydrogen) atoms. The summed E-state index contributed by atoms with van der Waals surface area (Å²) >= 11 is 0. The Labute approximate surface area is 66.1 Å². The van der Waals surface area contributed by atoms with Crippen LogP contribution in [0.2, 0.25) is 0 Å². The number of hydrogen-bond donors (Lipinski definition) is 1. The molecule has 3 nitrogen and oxygen atoms in total. The molecule has 1 spiro atoms. The van der Waals surface area contributed by atoms with Crippen molar-refractivity contribution >= 4 is 5.91 Å². The number of hydrogen-bond acceptors (Lipinski definition) is 2. The molecule has 3 heteroatoms. The molecule has 0 aliphatic carbocycles. The molecule has 1 atom stereocenters. The number of piperidine rings is 1. The van der Waals surface area contributed by atoms with Crippen LogP contribution in [0.25, 0.3) is 0 Å². The molecule has 2 aliphatic heterocycles. The molecule has 0 radical (unpaired) electrons. The first-order valence-electron chi connectivity index (χ1n) is 4.12. The Morgan fingerprint density at radius 1 is 1.64 bits per heavy atom. The van der Waals surface area contributed by atoms with Crippen LogP contribution >= 0.6 is 0 Å². The highest BCUT2D eigenvalue weighted by Crippen LogP contribution is 2.29. The van der Waals surface area contributed by atoms with Crippen LogP contribution in [0.5, 0.6) is 0 Å². The normalized spacial score (nSPS) is 34.6. The van der Waals surface area contributed by atoms with E-state index in [1.54, 1.807) is 0 Å². The fraction of sp³-hybridized carbons (Fsp3) is 0.875. The van der Waals surface area contributed by atoms with Crippen LogP contribution in [0.1, 0.15) is 19.8 Å². The molecule has 2 heterocycles. The molecule has 1 amide bonds. The Balaban J connectivity index is 2.03. The maximum absolute atomic E-state index is 11.2. The number of nitrogens with one attached hydrogen (secondary N) is 1. The predicted molar refractivity (Wildman–Crippen MR) is 40.1 cm³/mol. The number of ether oxygens (including phenoxy) is 1. The lowest BCUT2D eigenvalue weighted by Gasteiger charge is -2.46. The Bertz CT molecular complexity index is 187. The molecule has 2 saturated heterocycles. The third-order valence-corrected chi connectivity index (χ3v) is 2.65. The van der Waals surface area contributed by atoms with Crippen molar-refractivity contribution in [1.82, 2.24) is 5.32 Å². The summed E-state index contributed by atoms with van der Waals surface area (Å²) in [6.07, 6.45) is 2.09. The van der Waals surface area contributed by atoms with Crippen molar-refractivity contribution < 1.29 is 9.53 Å². The van der Waals surface area contributed by atoms with Crippen molar-refractivity contribution in [2.75, 3.05) is 13.2 Å². The van der Waals surface area contributed by atoms with E-state index >= 15 is 0 Å². The smallest absolute Gasteiger partial charge is 0.223 e. The van der Waals surface area contributed by atoms with E-state index in [0.717, 1.165) is 12.8 Å². The first-order valence-corrected chi connectivity index (χ1v) is 4.12. The largest absolute Gasteiger partial charge is 0.376 e. The van der Waals surface area contributed by atoms with Gasteiger partial charge in [-0.05, 0) is 12.8 Å². The minimum absolute atomic E-state index is 0.0313. The molecule has 0 bridgehead atoms. The Kier molecular flexibility index (Phi) is 1.42. The molecule has 0 saturated carbocycles. The second-order valence-electron chi connectivity index (χ2n) is 3.70. The fourth-order valence-electron chi connectivity index (χ4n) is 1.64. The number of rotatable bonds is 0. The van der Waals surface area contributed by atoms with Crippen LogP contribution < -0.4 is 5.32 Å². The highest BCUT2D eigenvalue weighted by atomic mass is 16.5. The van der Waals surface area contributed by atoms with Gasteiger partial charge in [0.2, 0.25) is 5.91 Å². The lowest BCUT2D eigenvalue weighted by molar-refractivity contribution is -0.143. The van der Waals surface area contributed by atoms with Crippen molar-refractivity contribution in [2.24, 2.45) is 5.92 Å². The summed E-state index contributed by atoms with van der Waals surface area (Å²) in [5.41, 5.74) is 0.0313. The number of amides is 1. The fourth-order valence-corrected chi connectivity index (χ4v) is 1.64. The molecule has 62 valence electrons. The number of carbonyl (C=O) groups is 1. The maximum atomic E-state index is 11.2. The highest BCUT2D eigenvalue weighted by molar-refractivity contribution is 5.80. The molecular weight excluding hydrogens is 142 g/mol. The van der Waals surface area contributed by atoms with E-state index in [1.165, 1.54) is 0 Å². The molecule has 2 rings (SSSR count). The zero-order valence-electron chi connectivity index (χ0n) is 6.72. The monoisotopic (exact) mass is 155 g/mol. The molecular formula is C8H13NO2. The van der Waals surface area contributed by atoms with Gasteiger partial charge in [-0.1, -0.05) is 6.92 Å². The van der Waals surface area contributed by atoms with E-state index in [-0.39, 0.29) is 17.4 Å². The average Bonchev–Trinajstić information content (AvgIpc) is 1.92. The van der Waals surface area contributed by atoms with E-state index in [0.29, 0.717) is 13.2 Å². The first kappa shape index (κ1) is 7.10. The van der Waals surface area contributed by atoms with E-state index in [1.807, 2.05) is 6.92 Å². The van der Waals surface area contributed by atoms with Crippen LogP contribution in [-0.4, -0.2) is 24.7 Å². The van der Waals surface area contributed by atoms with E-state index in [4.69, 9.17) is 4.74 Å². The van der Waals surface area contributed by atoms with Gasteiger partial charge >= 0.3 is 0 Å². The van der Waals surface area contributed by atoms with E-state index < -0.39 is 0 Å². The first-order chi connectivity index (χ1) is 5.22. The summed E-state index contributed by atoms with van der Waals surface area (Å²) in [6.45, 7) is 3.40. The second kappa shape index (κ2) is 2.21. The minimum atomic E-state index is 0.0313. The second-order valence-corrected chi connectivity index (χ2v) is 3.70. The summed E-state index contributed by atoms with van der Waals surface area (Å²) in [4.78, 5) is 11.2. The Morgan fingerprint density at radius 3 is 2.82 bits per heavy atom. The van der Waals surface area contributed by atoms with Gasteiger partial charge in [0.25, 0.3) is 0 Å². The van der Waals surface area contributed by atoms with Crippen molar-refractivity contribution in [3.05, 3.63) is 0 Å². The highest BCUT2D eigenvalue weighted by Gasteiger charge is 2.43. The van der Waals surface area contributed by atoms with Gasteiger partial charge in [-0.15, -0.1) is 0 Å². The summed E-state index contributed by atoms with van der Waals surface area (Å²) in [5, 5.41) is 3.02. The van der Waals surface area contributed by atoms with Crippen LogP contribution in [0, 0.1) is 5.92 Å². The van der Waals surface area contributed by atoms with Gasteiger partial charge in [-0.25, -0.2) is 0 Å². The van der Waals surface area contributed by atoms with Crippen LogP contribution in [0.4, 0.5) is 0 Å². The van der Waals surface area contributed by atoms with E-state index in [2.05, 4.69) is 5.32 Å². The predicted octanol–water partition coefficient (Wildman–Crippen LogP) is 0.301. The summed E-state index contributed by atoms with van der Waals surface area (Å²) in [7, 11) is 0. The minimum Gasteiger partial charge on any atom is -0.376 e. The van der Waals surface area contributed by atoms with Crippen LogP contribution in [0.15, 0.2) is 0 Å². The van der Waals surface area contributed by atoms with Crippen LogP contribution in [0.3, 0.4) is 0 Å². The van der Waals surface area contributed by atoms with Gasteiger partial charge in [0.05, 0.1) is 18.8 Å². The Hall–Kier alpha value is -0.570. The SMILES string of the molecule is CC1CCC2(COC2)NC1=O. The molecule has 1 unspecified atom stereocenters. The van der Waals surface area contributed by atoms with Gasteiger partial charge in [0.15, 0.2) is 0 Å². The van der Waals surface area contributed by atoms with Crippen molar-refractivity contribution in [1.29, 1.82) is 0 Å². The van der Waals surface area contributed by atoms with Crippen molar-refractivity contribution in [2.45, 2.75) is 25.3 Å². The summed E-state index contributed by atoms with van der Waals surface area (Å²) in [6, 6.07) is 0. The van der Waals surface area contributed by atoms with Crippen LogP contribution in [-0.2, 0) is 9.53 Å².